The second kappa shape index (κ2) is 10.9. The van der Waals surface area contributed by atoms with Crippen molar-refractivity contribution in [2.24, 2.45) is 0 Å². The van der Waals surface area contributed by atoms with Crippen LogP contribution in [0.2, 0.25) is 9.49 Å². The van der Waals surface area contributed by atoms with Crippen LogP contribution in [0.3, 0.4) is 0 Å². The van der Waals surface area contributed by atoms with Crippen LogP contribution in [0.4, 0.5) is 23.7 Å². The SMILES string of the molecule is O=C(NCc1cnc(Cl)s1)N1CC2(CCN(C/C=C/c3ccc(Cl)cc3)CC2)c2cc(C(F)(F)F)ccc21. The minimum Gasteiger partial charge on any atom is -0.333 e. The van der Waals surface area contributed by atoms with Crippen molar-refractivity contribution in [3.8, 4) is 0 Å². The number of carbonyl (C=O) groups excluding carboxylic acids is 1. The zero-order chi connectivity index (χ0) is 26.9. The van der Waals surface area contributed by atoms with E-state index in [1.54, 1.807) is 11.1 Å². The maximum Gasteiger partial charge on any atom is 0.416 e. The number of halogens is 5. The lowest BCUT2D eigenvalue weighted by molar-refractivity contribution is -0.137. The van der Waals surface area contributed by atoms with Crippen LogP contribution in [0.5, 0.6) is 0 Å². The Balaban J connectivity index is 1.30. The fraction of sp³-hybridized carbons (Fsp3) is 0.333. The first-order valence-electron chi connectivity index (χ1n) is 12.1. The maximum absolute atomic E-state index is 13.6. The van der Waals surface area contributed by atoms with Crippen LogP contribution >= 0.6 is 34.5 Å². The Morgan fingerprint density at radius 2 is 1.87 bits per heavy atom. The lowest BCUT2D eigenvalue weighted by Gasteiger charge is -2.39. The molecule has 0 atom stereocenters. The zero-order valence-corrected chi connectivity index (χ0v) is 22.6. The van der Waals surface area contributed by atoms with Gasteiger partial charge in [-0.1, -0.05) is 47.5 Å². The van der Waals surface area contributed by atoms with Crippen LogP contribution in [-0.4, -0.2) is 42.1 Å². The monoisotopic (exact) mass is 580 g/mol. The fourth-order valence-electron chi connectivity index (χ4n) is 5.15. The molecule has 2 amide bonds. The highest BCUT2D eigenvalue weighted by atomic mass is 35.5. The molecule has 1 saturated heterocycles. The van der Waals surface area contributed by atoms with Gasteiger partial charge in [-0.15, -0.1) is 11.3 Å². The summed E-state index contributed by atoms with van der Waals surface area (Å²) < 4.78 is 41.2. The van der Waals surface area contributed by atoms with Crippen molar-refractivity contribution in [1.82, 2.24) is 15.2 Å². The highest BCUT2D eigenvalue weighted by Gasteiger charge is 2.47. The van der Waals surface area contributed by atoms with Crippen molar-refractivity contribution in [3.05, 3.63) is 85.8 Å². The maximum atomic E-state index is 13.6. The lowest BCUT2D eigenvalue weighted by Crippen LogP contribution is -2.47. The third-order valence-corrected chi connectivity index (χ3v) is 8.56. The summed E-state index contributed by atoms with van der Waals surface area (Å²) in [5.41, 5.74) is 0.964. The van der Waals surface area contributed by atoms with E-state index in [0.717, 1.165) is 36.1 Å². The first-order chi connectivity index (χ1) is 18.1. The van der Waals surface area contributed by atoms with Gasteiger partial charge in [-0.2, -0.15) is 13.2 Å². The topological polar surface area (TPSA) is 48.5 Å². The van der Waals surface area contributed by atoms with Gasteiger partial charge in [0.25, 0.3) is 0 Å². The molecule has 11 heteroatoms. The molecule has 0 unspecified atom stereocenters. The Bertz CT molecular complexity index is 1330. The smallest absolute Gasteiger partial charge is 0.333 e. The summed E-state index contributed by atoms with van der Waals surface area (Å²) >= 11 is 13.1. The van der Waals surface area contributed by atoms with Crippen molar-refractivity contribution < 1.29 is 18.0 Å². The Labute approximate surface area is 232 Å². The van der Waals surface area contributed by atoms with Gasteiger partial charge in [0.2, 0.25) is 0 Å². The van der Waals surface area contributed by atoms with Gasteiger partial charge in [0, 0.05) is 40.3 Å². The summed E-state index contributed by atoms with van der Waals surface area (Å²) in [6.07, 6.45) is 2.57. The number of rotatable bonds is 5. The number of thiazole rings is 1. The molecular formula is C27H25Cl2F3N4OS. The van der Waals surface area contributed by atoms with Gasteiger partial charge < -0.3 is 5.32 Å². The molecule has 1 aromatic heterocycles. The second-order valence-corrected chi connectivity index (χ2v) is 11.7. The summed E-state index contributed by atoms with van der Waals surface area (Å²) in [4.78, 5) is 21.8. The quantitative estimate of drug-likeness (QED) is 0.346. The van der Waals surface area contributed by atoms with Crippen LogP contribution in [-0.2, 0) is 18.1 Å². The normalized spacial score (nSPS) is 17.3. The van der Waals surface area contributed by atoms with E-state index in [1.807, 2.05) is 30.3 Å². The molecule has 0 bridgehead atoms. The molecule has 5 rings (SSSR count). The molecule has 2 aromatic carbocycles. The number of nitrogens with zero attached hydrogens (tertiary/aromatic N) is 3. The second-order valence-electron chi connectivity index (χ2n) is 9.59. The molecule has 2 aliphatic heterocycles. The molecule has 38 heavy (non-hydrogen) atoms. The minimum atomic E-state index is -4.45. The average molecular weight is 581 g/mol. The predicted octanol–water partition coefficient (Wildman–Crippen LogP) is 7.25. The number of amides is 2. The Kier molecular flexibility index (Phi) is 7.73. The van der Waals surface area contributed by atoms with E-state index in [0.29, 0.717) is 40.1 Å². The largest absolute Gasteiger partial charge is 0.416 e. The molecule has 1 spiro atoms. The zero-order valence-electron chi connectivity index (χ0n) is 20.3. The molecule has 0 saturated carbocycles. The van der Waals surface area contributed by atoms with Gasteiger partial charge >= 0.3 is 12.2 Å². The number of nitrogens with one attached hydrogen (secondary N) is 1. The number of piperidine rings is 1. The van der Waals surface area contributed by atoms with Gasteiger partial charge in [0.05, 0.1) is 12.1 Å². The van der Waals surface area contributed by atoms with Gasteiger partial charge in [0.1, 0.15) is 0 Å². The minimum absolute atomic E-state index is 0.246. The molecule has 0 aliphatic carbocycles. The van der Waals surface area contributed by atoms with Gasteiger partial charge in [0.15, 0.2) is 4.47 Å². The van der Waals surface area contributed by atoms with E-state index in [2.05, 4.69) is 21.3 Å². The van der Waals surface area contributed by atoms with Crippen LogP contribution in [0.25, 0.3) is 6.08 Å². The molecule has 3 heterocycles. The molecule has 2 aliphatic rings. The van der Waals surface area contributed by atoms with Gasteiger partial charge in [-0.25, -0.2) is 9.78 Å². The summed E-state index contributed by atoms with van der Waals surface area (Å²) in [7, 11) is 0. The lowest BCUT2D eigenvalue weighted by atomic mass is 9.74. The van der Waals surface area contributed by atoms with E-state index >= 15 is 0 Å². The van der Waals surface area contributed by atoms with Crippen molar-refractivity contribution in [2.75, 3.05) is 31.1 Å². The Morgan fingerprint density at radius 3 is 2.53 bits per heavy atom. The number of benzene rings is 2. The number of hydrogen-bond acceptors (Lipinski definition) is 4. The molecule has 200 valence electrons. The van der Waals surface area contributed by atoms with Crippen molar-refractivity contribution >= 4 is 52.3 Å². The number of fused-ring (bicyclic) bond motifs is 2. The van der Waals surface area contributed by atoms with Crippen molar-refractivity contribution in [1.29, 1.82) is 0 Å². The van der Waals surface area contributed by atoms with Crippen molar-refractivity contribution in [2.45, 2.75) is 31.0 Å². The molecule has 1 fully saturated rings. The number of anilines is 1. The highest BCUT2D eigenvalue weighted by Crippen LogP contribution is 2.48. The average Bonchev–Trinajstić information content (AvgIpc) is 3.45. The first kappa shape index (κ1) is 27.0. The summed E-state index contributed by atoms with van der Waals surface area (Å²) in [5, 5.41) is 3.55. The molecule has 3 aromatic rings. The van der Waals surface area contributed by atoms with E-state index < -0.39 is 17.2 Å². The van der Waals surface area contributed by atoms with Gasteiger partial charge in [-0.3, -0.25) is 9.80 Å². The standard InChI is InChI=1S/C27H25Cl2F3N4OS/c28-20-6-3-18(4-7-20)2-1-11-35-12-9-26(10-13-35)17-36(25(37)34-16-21-15-33-24(29)38-21)23-8-5-19(14-22(23)26)27(30,31)32/h1-8,14-15H,9-13,16-17H2,(H,34,37)/b2-1+. The summed E-state index contributed by atoms with van der Waals surface area (Å²) in [6.45, 7) is 2.75. The summed E-state index contributed by atoms with van der Waals surface area (Å²) in [6, 6.07) is 10.9. The third kappa shape index (κ3) is 5.86. The number of aromatic nitrogens is 1. The highest BCUT2D eigenvalue weighted by molar-refractivity contribution is 7.15. The van der Waals surface area contributed by atoms with Crippen LogP contribution in [0, 0.1) is 0 Å². The molecule has 1 N–H and O–H groups in total. The van der Waals surface area contributed by atoms with E-state index in [4.69, 9.17) is 23.2 Å². The third-order valence-electron chi connectivity index (χ3n) is 7.19. The number of carbonyl (C=O) groups is 1. The van der Waals surface area contributed by atoms with Crippen LogP contribution in [0.15, 0.2) is 54.7 Å². The number of alkyl halides is 3. The van der Waals surface area contributed by atoms with E-state index in [9.17, 15) is 18.0 Å². The Hall–Kier alpha value is -2.59. The summed E-state index contributed by atoms with van der Waals surface area (Å²) in [5.74, 6) is 0. The predicted molar refractivity (Wildman–Crippen MR) is 146 cm³/mol. The number of likely N-dealkylation sites (tertiary alicyclic amines) is 1. The van der Waals surface area contributed by atoms with Crippen molar-refractivity contribution in [3.63, 3.8) is 0 Å². The van der Waals surface area contributed by atoms with Gasteiger partial charge in [-0.05, 0) is 67.4 Å². The fourth-order valence-corrected chi connectivity index (χ4v) is 6.20. The molecule has 5 nitrogen and oxygen atoms in total. The van der Waals surface area contributed by atoms with Crippen LogP contribution in [0.1, 0.15) is 34.4 Å². The first-order valence-corrected chi connectivity index (χ1v) is 13.7. The Morgan fingerprint density at radius 1 is 1.13 bits per heavy atom. The number of hydrogen-bond donors (Lipinski definition) is 1. The van der Waals surface area contributed by atoms with Crippen LogP contribution < -0.4 is 10.2 Å². The number of urea groups is 1. The molecular weight excluding hydrogens is 556 g/mol. The van der Waals surface area contributed by atoms with E-state index in [1.165, 1.54) is 23.5 Å². The molecule has 0 radical (unpaired) electrons. The van der Waals surface area contributed by atoms with E-state index in [-0.39, 0.29) is 12.6 Å².